The minimum atomic E-state index is -0.378. The van der Waals surface area contributed by atoms with Crippen molar-refractivity contribution in [1.82, 2.24) is 5.32 Å². The number of hydrogen-bond acceptors (Lipinski definition) is 2. The smallest absolute Gasteiger partial charge is 0.196 e. The van der Waals surface area contributed by atoms with Crippen molar-refractivity contribution < 1.29 is 9.50 Å². The molecule has 0 aromatic heterocycles. The first-order chi connectivity index (χ1) is 10.6. The van der Waals surface area contributed by atoms with Crippen LogP contribution in [0.25, 0.3) is 0 Å². The SMILES string of the molecule is CC1CCCCC1N=C(Nc1cc(F)ccc1O)NC1CC1. The third-order valence-electron chi connectivity index (χ3n) is 4.49. The van der Waals surface area contributed by atoms with E-state index in [9.17, 15) is 9.50 Å². The molecule has 2 aliphatic rings. The van der Waals surface area contributed by atoms with E-state index in [4.69, 9.17) is 4.99 Å². The van der Waals surface area contributed by atoms with Crippen LogP contribution in [0, 0.1) is 11.7 Å². The van der Waals surface area contributed by atoms with Crippen LogP contribution in [-0.4, -0.2) is 23.1 Å². The van der Waals surface area contributed by atoms with E-state index in [2.05, 4.69) is 17.6 Å². The Kier molecular flexibility index (Phi) is 4.50. The number of hydrogen-bond donors (Lipinski definition) is 3. The van der Waals surface area contributed by atoms with Gasteiger partial charge < -0.3 is 15.7 Å². The summed E-state index contributed by atoms with van der Waals surface area (Å²) in [7, 11) is 0. The molecule has 2 saturated carbocycles. The molecule has 3 N–H and O–H groups in total. The fourth-order valence-corrected chi connectivity index (χ4v) is 2.92. The second-order valence-corrected chi connectivity index (χ2v) is 6.51. The molecule has 0 radical (unpaired) electrons. The largest absolute Gasteiger partial charge is 0.506 e. The maximum atomic E-state index is 13.4. The molecular formula is C17H24FN3O. The molecule has 0 spiro atoms. The van der Waals surface area contributed by atoms with Crippen LogP contribution < -0.4 is 10.6 Å². The summed E-state index contributed by atoms with van der Waals surface area (Å²) in [6.07, 6.45) is 7.05. The van der Waals surface area contributed by atoms with E-state index in [1.165, 1.54) is 37.5 Å². The highest BCUT2D eigenvalue weighted by Gasteiger charge is 2.25. The van der Waals surface area contributed by atoms with Gasteiger partial charge in [-0.3, -0.25) is 0 Å². The number of nitrogens with zero attached hydrogens (tertiary/aromatic N) is 1. The number of aromatic hydroxyl groups is 1. The quantitative estimate of drug-likeness (QED) is 0.454. The van der Waals surface area contributed by atoms with Crippen LogP contribution in [0.5, 0.6) is 5.75 Å². The molecule has 120 valence electrons. The standard InChI is InChI=1S/C17H24FN3O/c1-11-4-2-3-5-14(11)20-17(19-13-7-8-13)21-15-10-12(18)6-9-16(15)22/h6,9-11,13-14,22H,2-5,7-8H2,1H3,(H2,19,20,21). The van der Waals surface area contributed by atoms with Crippen LogP contribution in [-0.2, 0) is 0 Å². The Hall–Kier alpha value is -1.78. The second kappa shape index (κ2) is 6.55. The molecule has 0 saturated heterocycles. The molecular weight excluding hydrogens is 281 g/mol. The van der Waals surface area contributed by atoms with Crippen molar-refractivity contribution in [1.29, 1.82) is 0 Å². The molecule has 3 rings (SSSR count). The number of benzene rings is 1. The van der Waals surface area contributed by atoms with Crippen molar-refractivity contribution in [2.45, 2.75) is 57.5 Å². The van der Waals surface area contributed by atoms with Gasteiger partial charge in [-0.15, -0.1) is 0 Å². The van der Waals surface area contributed by atoms with Gasteiger partial charge in [-0.25, -0.2) is 9.38 Å². The maximum absolute atomic E-state index is 13.4. The Morgan fingerprint density at radius 2 is 2.00 bits per heavy atom. The van der Waals surface area contributed by atoms with Crippen molar-refractivity contribution in [2.24, 2.45) is 10.9 Å². The summed E-state index contributed by atoms with van der Waals surface area (Å²) in [5.74, 6) is 0.871. The monoisotopic (exact) mass is 305 g/mol. The maximum Gasteiger partial charge on any atom is 0.196 e. The molecule has 0 amide bonds. The molecule has 22 heavy (non-hydrogen) atoms. The van der Waals surface area contributed by atoms with Crippen molar-refractivity contribution in [3.63, 3.8) is 0 Å². The Morgan fingerprint density at radius 1 is 1.23 bits per heavy atom. The van der Waals surface area contributed by atoms with Gasteiger partial charge in [-0.05, 0) is 43.7 Å². The fourth-order valence-electron chi connectivity index (χ4n) is 2.92. The van der Waals surface area contributed by atoms with Gasteiger partial charge in [0.1, 0.15) is 11.6 Å². The molecule has 0 aliphatic heterocycles. The zero-order valence-electron chi connectivity index (χ0n) is 13.0. The summed E-state index contributed by atoms with van der Waals surface area (Å²) in [6, 6.07) is 4.63. The average molecular weight is 305 g/mol. The van der Waals surface area contributed by atoms with E-state index in [0.717, 1.165) is 19.3 Å². The summed E-state index contributed by atoms with van der Waals surface area (Å²) in [6.45, 7) is 2.24. The van der Waals surface area contributed by atoms with Crippen molar-refractivity contribution >= 4 is 11.6 Å². The van der Waals surface area contributed by atoms with E-state index in [0.29, 0.717) is 29.6 Å². The van der Waals surface area contributed by atoms with Gasteiger partial charge in [0.15, 0.2) is 5.96 Å². The minimum absolute atomic E-state index is 0.0309. The first-order valence-electron chi connectivity index (χ1n) is 8.21. The van der Waals surface area contributed by atoms with E-state index in [-0.39, 0.29) is 11.6 Å². The third-order valence-corrected chi connectivity index (χ3v) is 4.49. The molecule has 5 heteroatoms. The van der Waals surface area contributed by atoms with Gasteiger partial charge in [-0.2, -0.15) is 0 Å². The minimum Gasteiger partial charge on any atom is -0.506 e. The van der Waals surface area contributed by atoms with Crippen molar-refractivity contribution in [3.8, 4) is 5.75 Å². The van der Waals surface area contributed by atoms with Gasteiger partial charge in [0.05, 0.1) is 11.7 Å². The number of phenolic OH excluding ortho intramolecular Hbond substituents is 1. The molecule has 2 atom stereocenters. The van der Waals surface area contributed by atoms with E-state index < -0.39 is 0 Å². The van der Waals surface area contributed by atoms with Crippen LogP contribution in [0.1, 0.15) is 45.4 Å². The number of aliphatic imine (C=N–C) groups is 1. The molecule has 1 aromatic carbocycles. The first-order valence-corrected chi connectivity index (χ1v) is 8.21. The Balaban J connectivity index is 1.77. The van der Waals surface area contributed by atoms with E-state index in [1.807, 2.05) is 0 Å². The third kappa shape index (κ3) is 3.90. The highest BCUT2D eigenvalue weighted by atomic mass is 19.1. The molecule has 1 aromatic rings. The van der Waals surface area contributed by atoms with Crippen LogP contribution in [0.4, 0.5) is 10.1 Å². The Morgan fingerprint density at radius 3 is 2.73 bits per heavy atom. The molecule has 0 heterocycles. The molecule has 2 aliphatic carbocycles. The van der Waals surface area contributed by atoms with Crippen molar-refractivity contribution in [3.05, 3.63) is 24.0 Å². The van der Waals surface area contributed by atoms with E-state index >= 15 is 0 Å². The number of nitrogens with one attached hydrogen (secondary N) is 2. The number of rotatable bonds is 3. The molecule has 0 bridgehead atoms. The summed E-state index contributed by atoms with van der Waals surface area (Å²) >= 11 is 0. The highest BCUT2D eigenvalue weighted by molar-refractivity contribution is 5.95. The van der Waals surface area contributed by atoms with Gasteiger partial charge >= 0.3 is 0 Å². The number of anilines is 1. The van der Waals surface area contributed by atoms with Crippen LogP contribution in [0.2, 0.25) is 0 Å². The summed E-state index contributed by atoms with van der Waals surface area (Å²) in [5.41, 5.74) is 0.357. The zero-order chi connectivity index (χ0) is 15.5. The first kappa shape index (κ1) is 15.1. The predicted octanol–water partition coefficient (Wildman–Crippen LogP) is 3.63. The molecule has 2 fully saturated rings. The molecule has 2 unspecified atom stereocenters. The number of halogens is 1. The lowest BCUT2D eigenvalue weighted by molar-refractivity contribution is 0.332. The lowest BCUT2D eigenvalue weighted by Crippen LogP contribution is -2.35. The van der Waals surface area contributed by atoms with Gasteiger partial charge in [0.25, 0.3) is 0 Å². The number of guanidine groups is 1. The number of phenols is 1. The van der Waals surface area contributed by atoms with Gasteiger partial charge in [0, 0.05) is 12.1 Å². The lowest BCUT2D eigenvalue weighted by Gasteiger charge is -2.26. The predicted molar refractivity (Wildman–Crippen MR) is 86.7 cm³/mol. The normalized spacial score (nSPS) is 25.8. The lowest BCUT2D eigenvalue weighted by atomic mass is 9.86. The van der Waals surface area contributed by atoms with Gasteiger partial charge in [0.2, 0.25) is 0 Å². The average Bonchev–Trinajstić information content (AvgIpc) is 3.29. The van der Waals surface area contributed by atoms with Crippen molar-refractivity contribution in [2.75, 3.05) is 5.32 Å². The van der Waals surface area contributed by atoms with Crippen LogP contribution >= 0.6 is 0 Å². The molecule has 4 nitrogen and oxygen atoms in total. The summed E-state index contributed by atoms with van der Waals surface area (Å²) < 4.78 is 13.4. The summed E-state index contributed by atoms with van der Waals surface area (Å²) in [4.78, 5) is 4.82. The summed E-state index contributed by atoms with van der Waals surface area (Å²) in [5, 5.41) is 16.3. The fraction of sp³-hybridized carbons (Fsp3) is 0.588. The second-order valence-electron chi connectivity index (χ2n) is 6.51. The Labute approximate surface area is 130 Å². The topological polar surface area (TPSA) is 56.7 Å². The zero-order valence-corrected chi connectivity index (χ0v) is 13.0. The van der Waals surface area contributed by atoms with Gasteiger partial charge in [-0.1, -0.05) is 19.8 Å². The van der Waals surface area contributed by atoms with E-state index in [1.54, 1.807) is 0 Å². The van der Waals surface area contributed by atoms with Crippen LogP contribution in [0.15, 0.2) is 23.2 Å². The van der Waals surface area contributed by atoms with Crippen LogP contribution in [0.3, 0.4) is 0 Å². The Bertz CT molecular complexity index is 557. The highest BCUT2D eigenvalue weighted by Crippen LogP contribution is 2.28.